The van der Waals surface area contributed by atoms with Crippen molar-refractivity contribution in [3.63, 3.8) is 0 Å². The maximum absolute atomic E-state index is 12.9. The van der Waals surface area contributed by atoms with Gasteiger partial charge in [0, 0.05) is 23.8 Å². The second-order valence-corrected chi connectivity index (χ2v) is 6.81. The molecule has 2 aromatic carbocycles. The van der Waals surface area contributed by atoms with Gasteiger partial charge in [0.15, 0.2) is 5.78 Å². The number of Topliss-reactive ketones (excluding diaryl/α,β-unsaturated/α-hetero) is 1. The number of nitro groups is 1. The average Bonchev–Trinajstić information content (AvgIpc) is 3.04. The van der Waals surface area contributed by atoms with Gasteiger partial charge in [0.1, 0.15) is 0 Å². The van der Waals surface area contributed by atoms with Crippen molar-refractivity contribution in [2.24, 2.45) is 0 Å². The molecule has 7 nitrogen and oxygen atoms in total. The lowest BCUT2D eigenvalue weighted by Crippen LogP contribution is -2.31. The van der Waals surface area contributed by atoms with Crippen LogP contribution >= 0.6 is 0 Å². The number of carbonyl (C=O) groups excluding carboxylic acids is 1. The quantitative estimate of drug-likeness (QED) is 0.552. The number of hydrogen-bond acceptors (Lipinski definition) is 5. The highest BCUT2D eigenvalue weighted by atomic mass is 16.6. The van der Waals surface area contributed by atoms with Crippen molar-refractivity contribution < 1.29 is 9.72 Å². The molecule has 27 heavy (non-hydrogen) atoms. The van der Waals surface area contributed by atoms with Crippen molar-refractivity contribution in [1.29, 1.82) is 0 Å². The minimum absolute atomic E-state index is 0.0124. The van der Waals surface area contributed by atoms with E-state index in [0.717, 1.165) is 29.6 Å². The Bertz CT molecular complexity index is 1150. The molecule has 1 atom stereocenters. The van der Waals surface area contributed by atoms with Crippen LogP contribution in [0.1, 0.15) is 30.9 Å². The molecule has 0 saturated carbocycles. The predicted octanol–water partition coefficient (Wildman–Crippen LogP) is 3.97. The first-order valence-corrected chi connectivity index (χ1v) is 8.88. The molecule has 0 fully saturated rings. The number of ketones is 1. The molecule has 1 aromatic heterocycles. The molecule has 2 heterocycles. The van der Waals surface area contributed by atoms with E-state index in [1.54, 1.807) is 18.2 Å². The molecule has 1 aliphatic heterocycles. The van der Waals surface area contributed by atoms with Crippen molar-refractivity contribution in [3.8, 4) is 0 Å². The van der Waals surface area contributed by atoms with Crippen LogP contribution in [0.25, 0.3) is 11.0 Å². The molecule has 5 rings (SSSR count). The van der Waals surface area contributed by atoms with E-state index in [4.69, 9.17) is 0 Å². The van der Waals surface area contributed by atoms with Crippen LogP contribution in [0.3, 0.4) is 0 Å². The number of hydrogen-bond donors (Lipinski definition) is 1. The van der Waals surface area contributed by atoms with E-state index in [2.05, 4.69) is 10.3 Å². The van der Waals surface area contributed by atoms with Crippen molar-refractivity contribution in [3.05, 3.63) is 75.5 Å². The van der Waals surface area contributed by atoms with Crippen LogP contribution in [0.15, 0.2) is 59.8 Å². The summed E-state index contributed by atoms with van der Waals surface area (Å²) >= 11 is 0. The van der Waals surface area contributed by atoms with Crippen LogP contribution in [0.2, 0.25) is 0 Å². The molecular formula is C20H16N4O3. The van der Waals surface area contributed by atoms with Gasteiger partial charge in [0.05, 0.1) is 27.6 Å². The van der Waals surface area contributed by atoms with Gasteiger partial charge in [-0.2, -0.15) is 0 Å². The standard InChI is InChI=1S/C20H16N4O3/c25-17-11-5-8-14-18(17)19(12-6-1-3-9-15(12)24(26)27)23-16-10-4-2-7-13(16)21-20(23)22-14/h1-4,6-7,9-10,19H,5,8,11H2,(H,21,22)/t19-/m0/s1. The third-order valence-corrected chi connectivity index (χ3v) is 5.27. The largest absolute Gasteiger partial charge is 0.329 e. The van der Waals surface area contributed by atoms with Crippen molar-refractivity contribution in [1.82, 2.24) is 9.55 Å². The fourth-order valence-corrected chi connectivity index (χ4v) is 4.15. The topological polar surface area (TPSA) is 90.1 Å². The highest BCUT2D eigenvalue weighted by molar-refractivity contribution is 6.00. The van der Waals surface area contributed by atoms with Gasteiger partial charge >= 0.3 is 0 Å². The molecule has 1 aliphatic carbocycles. The molecule has 0 radical (unpaired) electrons. The fraction of sp³-hybridized carbons (Fsp3) is 0.200. The van der Waals surface area contributed by atoms with E-state index in [1.807, 2.05) is 28.8 Å². The number of imidazole rings is 1. The number of benzene rings is 2. The second-order valence-electron chi connectivity index (χ2n) is 6.81. The third-order valence-electron chi connectivity index (χ3n) is 5.27. The Morgan fingerprint density at radius 3 is 2.74 bits per heavy atom. The minimum atomic E-state index is -0.557. The first kappa shape index (κ1) is 15.7. The van der Waals surface area contributed by atoms with Gasteiger partial charge in [-0.15, -0.1) is 0 Å². The van der Waals surface area contributed by atoms with E-state index in [-0.39, 0.29) is 16.4 Å². The fourth-order valence-electron chi connectivity index (χ4n) is 4.15. The number of carbonyl (C=O) groups is 1. The first-order chi connectivity index (χ1) is 13.1. The zero-order valence-electron chi connectivity index (χ0n) is 14.4. The SMILES string of the molecule is O=C1CCCC2=C1[C@H](c1ccccc1[N+](=O)[O-])n1c(nc3ccccc31)N2. The minimum Gasteiger partial charge on any atom is -0.329 e. The highest BCUT2D eigenvalue weighted by Crippen LogP contribution is 2.44. The molecule has 0 amide bonds. The summed E-state index contributed by atoms with van der Waals surface area (Å²) in [5, 5.41) is 15.0. The molecule has 0 bridgehead atoms. The number of anilines is 1. The van der Waals surface area contributed by atoms with Crippen LogP contribution in [0.4, 0.5) is 11.6 Å². The molecule has 134 valence electrons. The molecule has 7 heteroatoms. The van der Waals surface area contributed by atoms with Gasteiger partial charge in [0.25, 0.3) is 5.69 Å². The number of para-hydroxylation sites is 3. The molecule has 0 saturated heterocycles. The Labute approximate surface area is 154 Å². The highest BCUT2D eigenvalue weighted by Gasteiger charge is 2.39. The Kier molecular flexibility index (Phi) is 3.36. The van der Waals surface area contributed by atoms with E-state index in [0.29, 0.717) is 23.5 Å². The van der Waals surface area contributed by atoms with Gasteiger partial charge in [0.2, 0.25) is 5.95 Å². The van der Waals surface area contributed by atoms with E-state index < -0.39 is 6.04 Å². The summed E-state index contributed by atoms with van der Waals surface area (Å²) in [5.41, 5.74) is 3.60. The summed E-state index contributed by atoms with van der Waals surface area (Å²) in [6, 6.07) is 13.7. The molecule has 0 spiro atoms. The predicted molar refractivity (Wildman–Crippen MR) is 100 cm³/mol. The number of rotatable bonds is 2. The Hall–Kier alpha value is -3.48. The lowest BCUT2D eigenvalue weighted by molar-refractivity contribution is -0.385. The van der Waals surface area contributed by atoms with E-state index in [1.165, 1.54) is 6.07 Å². The van der Waals surface area contributed by atoms with Crippen LogP contribution in [0.5, 0.6) is 0 Å². The van der Waals surface area contributed by atoms with Gasteiger partial charge in [-0.05, 0) is 31.0 Å². The maximum atomic E-state index is 12.9. The number of allylic oxidation sites excluding steroid dienone is 2. The number of aromatic nitrogens is 2. The molecule has 1 N–H and O–H groups in total. The molecular weight excluding hydrogens is 344 g/mol. The number of fused-ring (bicyclic) bond motifs is 3. The van der Waals surface area contributed by atoms with Crippen molar-refractivity contribution in [2.45, 2.75) is 25.3 Å². The Morgan fingerprint density at radius 1 is 1.11 bits per heavy atom. The summed E-state index contributed by atoms with van der Waals surface area (Å²) in [6.45, 7) is 0. The summed E-state index contributed by atoms with van der Waals surface area (Å²) in [4.78, 5) is 28.8. The lowest BCUT2D eigenvalue weighted by Gasteiger charge is -2.33. The summed E-state index contributed by atoms with van der Waals surface area (Å²) in [7, 11) is 0. The Morgan fingerprint density at radius 2 is 1.89 bits per heavy atom. The van der Waals surface area contributed by atoms with Gasteiger partial charge in [-0.3, -0.25) is 19.5 Å². The van der Waals surface area contributed by atoms with Crippen LogP contribution in [0, 0.1) is 10.1 Å². The second kappa shape index (κ2) is 5.77. The van der Waals surface area contributed by atoms with Crippen molar-refractivity contribution in [2.75, 3.05) is 5.32 Å². The number of nitro benzene ring substituents is 1. The van der Waals surface area contributed by atoms with Crippen molar-refractivity contribution >= 4 is 28.5 Å². The van der Waals surface area contributed by atoms with Gasteiger partial charge in [-0.25, -0.2) is 4.98 Å². The van der Waals surface area contributed by atoms with E-state index >= 15 is 0 Å². The zero-order valence-corrected chi connectivity index (χ0v) is 14.4. The zero-order chi connectivity index (χ0) is 18.5. The van der Waals surface area contributed by atoms with Crippen LogP contribution < -0.4 is 5.32 Å². The average molecular weight is 360 g/mol. The molecule has 2 aliphatic rings. The van der Waals surface area contributed by atoms with Gasteiger partial charge in [-0.1, -0.05) is 24.3 Å². The smallest absolute Gasteiger partial charge is 0.275 e. The number of nitrogens with one attached hydrogen (secondary N) is 1. The van der Waals surface area contributed by atoms with Crippen LogP contribution in [-0.2, 0) is 4.79 Å². The molecule has 3 aromatic rings. The van der Waals surface area contributed by atoms with Crippen LogP contribution in [-0.4, -0.2) is 20.3 Å². The lowest BCUT2D eigenvalue weighted by atomic mass is 9.84. The first-order valence-electron chi connectivity index (χ1n) is 8.88. The number of nitrogens with zero attached hydrogens (tertiary/aromatic N) is 3. The molecule has 0 unspecified atom stereocenters. The third kappa shape index (κ3) is 2.28. The summed E-state index contributed by atoms with van der Waals surface area (Å²) in [6.07, 6.45) is 1.97. The summed E-state index contributed by atoms with van der Waals surface area (Å²) in [5.74, 6) is 0.656. The van der Waals surface area contributed by atoms with E-state index in [9.17, 15) is 14.9 Å². The monoisotopic (exact) mass is 360 g/mol. The maximum Gasteiger partial charge on any atom is 0.275 e. The van der Waals surface area contributed by atoms with Gasteiger partial charge < -0.3 is 5.32 Å². The summed E-state index contributed by atoms with van der Waals surface area (Å²) < 4.78 is 1.92. The Balaban J connectivity index is 1.85. The normalized spacial score (nSPS) is 18.8.